The van der Waals surface area contributed by atoms with E-state index in [9.17, 15) is 9.59 Å². The van der Waals surface area contributed by atoms with E-state index in [1.54, 1.807) is 6.07 Å². The molecule has 1 aliphatic carbocycles. The number of carbonyl (C=O) groups is 1. The smallest absolute Gasteiger partial charge is 0.269 e. The first-order valence-corrected chi connectivity index (χ1v) is 8.34. The molecule has 3 heterocycles. The number of hydrogen-bond donors (Lipinski definition) is 3. The second-order valence-electron chi connectivity index (χ2n) is 6.49. The summed E-state index contributed by atoms with van der Waals surface area (Å²) in [5, 5.41) is 2.97. The standard InChI is InChI=1S/C16H20N6O2/c23-14-7-12(20-16(21-14)22-3-1-2-4-22)10-5-11(6-10)19-15(24)13-8-17-9-18-13/h7-11H,1-6H2,(H,17,18)(H,19,24)(H,20,21,23). The van der Waals surface area contributed by atoms with E-state index >= 15 is 0 Å². The number of nitrogens with one attached hydrogen (secondary N) is 3. The van der Waals surface area contributed by atoms with Crippen molar-refractivity contribution in [3.8, 4) is 0 Å². The number of hydrogen-bond acceptors (Lipinski definition) is 5. The van der Waals surface area contributed by atoms with E-state index in [-0.39, 0.29) is 23.4 Å². The van der Waals surface area contributed by atoms with Gasteiger partial charge in [-0.1, -0.05) is 0 Å². The molecular formula is C16H20N6O2. The monoisotopic (exact) mass is 328 g/mol. The second-order valence-corrected chi connectivity index (χ2v) is 6.49. The molecule has 1 saturated heterocycles. The Morgan fingerprint density at radius 1 is 1.29 bits per heavy atom. The van der Waals surface area contributed by atoms with Gasteiger partial charge in [-0.2, -0.15) is 0 Å². The predicted molar refractivity (Wildman–Crippen MR) is 88.1 cm³/mol. The number of imidazole rings is 1. The van der Waals surface area contributed by atoms with Crippen molar-refractivity contribution >= 4 is 11.9 Å². The van der Waals surface area contributed by atoms with Crippen molar-refractivity contribution in [3.05, 3.63) is 40.3 Å². The van der Waals surface area contributed by atoms with Gasteiger partial charge in [-0.05, 0) is 25.7 Å². The molecule has 1 saturated carbocycles. The van der Waals surface area contributed by atoms with E-state index in [1.807, 2.05) is 0 Å². The molecule has 0 aromatic carbocycles. The number of aromatic amines is 2. The van der Waals surface area contributed by atoms with Gasteiger partial charge in [0, 0.05) is 31.1 Å². The van der Waals surface area contributed by atoms with E-state index in [1.165, 1.54) is 12.5 Å². The third-order valence-corrected chi connectivity index (χ3v) is 4.79. The number of nitrogens with zero attached hydrogens (tertiary/aromatic N) is 3. The summed E-state index contributed by atoms with van der Waals surface area (Å²) in [6.07, 6.45) is 6.87. The Morgan fingerprint density at radius 3 is 2.79 bits per heavy atom. The van der Waals surface area contributed by atoms with Gasteiger partial charge in [0.05, 0.1) is 18.2 Å². The molecule has 0 spiro atoms. The highest BCUT2D eigenvalue weighted by Crippen LogP contribution is 2.36. The van der Waals surface area contributed by atoms with Crippen LogP contribution in [0.5, 0.6) is 0 Å². The molecule has 2 aromatic rings. The Balaban J connectivity index is 1.39. The van der Waals surface area contributed by atoms with E-state index in [0.29, 0.717) is 11.6 Å². The number of carbonyl (C=O) groups excluding carboxylic acids is 1. The minimum Gasteiger partial charge on any atom is -0.348 e. The van der Waals surface area contributed by atoms with Crippen LogP contribution in [-0.2, 0) is 0 Å². The highest BCUT2D eigenvalue weighted by Gasteiger charge is 2.33. The SMILES string of the molecule is O=C(NC1CC(c2cc(=O)[nH]c(N3CCCC3)n2)C1)c1cnc[nH]1. The van der Waals surface area contributed by atoms with Gasteiger partial charge in [-0.15, -0.1) is 0 Å². The van der Waals surface area contributed by atoms with Crippen molar-refractivity contribution in [2.75, 3.05) is 18.0 Å². The quantitative estimate of drug-likeness (QED) is 0.768. The molecular weight excluding hydrogens is 308 g/mol. The largest absolute Gasteiger partial charge is 0.348 e. The molecule has 2 fully saturated rings. The Kier molecular flexibility index (Phi) is 3.79. The summed E-state index contributed by atoms with van der Waals surface area (Å²) in [7, 11) is 0. The van der Waals surface area contributed by atoms with E-state index in [0.717, 1.165) is 44.5 Å². The summed E-state index contributed by atoms with van der Waals surface area (Å²) in [5.41, 5.74) is 1.18. The third kappa shape index (κ3) is 2.91. The molecule has 0 unspecified atom stereocenters. The van der Waals surface area contributed by atoms with E-state index < -0.39 is 0 Å². The third-order valence-electron chi connectivity index (χ3n) is 4.79. The van der Waals surface area contributed by atoms with Crippen LogP contribution in [0.2, 0.25) is 0 Å². The number of anilines is 1. The fourth-order valence-corrected chi connectivity index (χ4v) is 3.37. The molecule has 1 amide bonds. The maximum absolute atomic E-state index is 12.0. The average molecular weight is 328 g/mol. The molecule has 8 nitrogen and oxygen atoms in total. The van der Waals surface area contributed by atoms with Crippen LogP contribution in [0.3, 0.4) is 0 Å². The van der Waals surface area contributed by atoms with Crippen molar-refractivity contribution in [2.45, 2.75) is 37.6 Å². The highest BCUT2D eigenvalue weighted by atomic mass is 16.2. The van der Waals surface area contributed by atoms with Crippen molar-refractivity contribution in [1.29, 1.82) is 0 Å². The summed E-state index contributed by atoms with van der Waals surface area (Å²) in [4.78, 5) is 40.1. The summed E-state index contributed by atoms with van der Waals surface area (Å²) >= 11 is 0. The number of H-pyrrole nitrogens is 2. The maximum Gasteiger partial charge on any atom is 0.269 e. The van der Waals surface area contributed by atoms with Crippen molar-refractivity contribution in [1.82, 2.24) is 25.3 Å². The van der Waals surface area contributed by atoms with Crippen LogP contribution in [0, 0.1) is 0 Å². The van der Waals surface area contributed by atoms with Crippen LogP contribution in [-0.4, -0.2) is 45.0 Å². The van der Waals surface area contributed by atoms with Gasteiger partial charge in [-0.25, -0.2) is 9.97 Å². The Labute approximate surface area is 138 Å². The lowest BCUT2D eigenvalue weighted by Gasteiger charge is -2.35. The molecule has 126 valence electrons. The molecule has 3 N–H and O–H groups in total. The lowest BCUT2D eigenvalue weighted by Crippen LogP contribution is -2.44. The van der Waals surface area contributed by atoms with Crippen LogP contribution in [0.4, 0.5) is 5.95 Å². The molecule has 1 aliphatic heterocycles. The van der Waals surface area contributed by atoms with Crippen LogP contribution in [0.25, 0.3) is 0 Å². The lowest BCUT2D eigenvalue weighted by atomic mass is 9.78. The van der Waals surface area contributed by atoms with Gasteiger partial charge >= 0.3 is 0 Å². The zero-order valence-corrected chi connectivity index (χ0v) is 13.3. The first-order valence-electron chi connectivity index (χ1n) is 8.34. The van der Waals surface area contributed by atoms with Crippen LogP contribution < -0.4 is 15.8 Å². The lowest BCUT2D eigenvalue weighted by molar-refractivity contribution is 0.0903. The fraction of sp³-hybridized carbons (Fsp3) is 0.500. The molecule has 2 aromatic heterocycles. The van der Waals surface area contributed by atoms with Crippen LogP contribution in [0.1, 0.15) is 47.8 Å². The molecule has 24 heavy (non-hydrogen) atoms. The van der Waals surface area contributed by atoms with Crippen molar-refractivity contribution in [3.63, 3.8) is 0 Å². The average Bonchev–Trinajstić information content (AvgIpc) is 3.22. The van der Waals surface area contributed by atoms with E-state index in [4.69, 9.17) is 0 Å². The first kappa shape index (κ1) is 14.9. The Morgan fingerprint density at radius 2 is 2.08 bits per heavy atom. The molecule has 0 radical (unpaired) electrons. The number of rotatable bonds is 4. The van der Waals surface area contributed by atoms with Gasteiger partial charge in [0.25, 0.3) is 11.5 Å². The summed E-state index contributed by atoms with van der Waals surface area (Å²) in [5.74, 6) is 0.758. The minimum absolute atomic E-state index is 0.105. The predicted octanol–water partition coefficient (Wildman–Crippen LogP) is 0.769. The van der Waals surface area contributed by atoms with Crippen LogP contribution >= 0.6 is 0 Å². The normalized spacial score (nSPS) is 23.1. The van der Waals surface area contributed by atoms with Crippen LogP contribution in [0.15, 0.2) is 23.4 Å². The minimum atomic E-state index is -0.146. The molecule has 4 rings (SSSR count). The summed E-state index contributed by atoms with van der Waals surface area (Å²) < 4.78 is 0. The molecule has 2 aliphatic rings. The van der Waals surface area contributed by atoms with Crippen molar-refractivity contribution in [2.24, 2.45) is 0 Å². The summed E-state index contributed by atoms with van der Waals surface area (Å²) in [6, 6.07) is 1.69. The Bertz CT molecular complexity index is 772. The topological polar surface area (TPSA) is 107 Å². The molecule has 0 atom stereocenters. The van der Waals surface area contributed by atoms with Gasteiger partial charge in [-0.3, -0.25) is 14.6 Å². The van der Waals surface area contributed by atoms with E-state index in [2.05, 4.69) is 30.2 Å². The fourth-order valence-electron chi connectivity index (χ4n) is 3.37. The molecule has 8 heteroatoms. The van der Waals surface area contributed by atoms with Gasteiger partial charge in [0.2, 0.25) is 5.95 Å². The zero-order chi connectivity index (χ0) is 16.5. The Hall–Kier alpha value is -2.64. The van der Waals surface area contributed by atoms with Gasteiger partial charge in [0.1, 0.15) is 5.69 Å². The second kappa shape index (κ2) is 6.10. The van der Waals surface area contributed by atoms with Gasteiger partial charge in [0.15, 0.2) is 0 Å². The van der Waals surface area contributed by atoms with Gasteiger partial charge < -0.3 is 15.2 Å². The molecule has 0 bridgehead atoms. The van der Waals surface area contributed by atoms with Crippen molar-refractivity contribution < 1.29 is 4.79 Å². The maximum atomic E-state index is 12.0. The number of aromatic nitrogens is 4. The highest BCUT2D eigenvalue weighted by molar-refractivity contribution is 5.92. The number of amides is 1. The zero-order valence-electron chi connectivity index (χ0n) is 13.3. The summed E-state index contributed by atoms with van der Waals surface area (Å²) in [6.45, 7) is 1.89. The first-order chi connectivity index (χ1) is 11.7.